The summed E-state index contributed by atoms with van der Waals surface area (Å²) in [5, 5.41) is 0. The van der Waals surface area contributed by atoms with Crippen LogP contribution in [-0.4, -0.2) is 41.9 Å². The molecule has 0 aliphatic rings. The number of halogens is 1. The van der Waals surface area contributed by atoms with Crippen molar-refractivity contribution >= 4 is 23.4 Å². The first-order valence-electron chi connectivity index (χ1n) is 5.71. The molecule has 0 aromatic heterocycles. The lowest BCUT2D eigenvalue weighted by atomic mass is 10.3. The lowest BCUT2D eigenvalue weighted by Gasteiger charge is -2.20. The molecule has 86 valence electrons. The molecule has 0 aromatic rings. The molecular weight excluding hydrogens is 214 g/mol. The monoisotopic (exact) mass is 237 g/mol. The van der Waals surface area contributed by atoms with Gasteiger partial charge in [-0.15, -0.1) is 11.6 Å². The molecule has 0 amide bonds. The van der Waals surface area contributed by atoms with Gasteiger partial charge in [-0.05, 0) is 37.4 Å². The van der Waals surface area contributed by atoms with Crippen LogP contribution in [0.3, 0.4) is 0 Å². The van der Waals surface area contributed by atoms with Gasteiger partial charge in [0, 0.05) is 12.4 Å². The summed E-state index contributed by atoms with van der Waals surface area (Å²) in [6, 6.07) is 0. The second kappa shape index (κ2) is 11.7. The fourth-order valence-electron chi connectivity index (χ4n) is 1.37. The zero-order valence-corrected chi connectivity index (χ0v) is 11.2. The summed E-state index contributed by atoms with van der Waals surface area (Å²) in [5.74, 6) is 3.30. The quantitative estimate of drug-likeness (QED) is 0.423. The van der Waals surface area contributed by atoms with E-state index < -0.39 is 0 Å². The summed E-state index contributed by atoms with van der Waals surface area (Å²) in [6.45, 7) is 7.96. The minimum absolute atomic E-state index is 0.768. The molecule has 0 rings (SSSR count). The molecule has 0 unspecified atom stereocenters. The molecule has 0 bridgehead atoms. The third-order valence-corrected chi connectivity index (χ3v) is 3.35. The Morgan fingerprint density at radius 2 is 1.79 bits per heavy atom. The molecule has 0 saturated carbocycles. The summed E-state index contributed by atoms with van der Waals surface area (Å²) in [6.07, 6.45) is 3.89. The van der Waals surface area contributed by atoms with Gasteiger partial charge in [-0.25, -0.2) is 0 Å². The van der Waals surface area contributed by atoms with E-state index in [-0.39, 0.29) is 0 Å². The molecule has 0 aromatic carbocycles. The van der Waals surface area contributed by atoms with Crippen molar-refractivity contribution in [3.8, 4) is 0 Å². The average Bonchev–Trinajstić information content (AvgIpc) is 2.20. The van der Waals surface area contributed by atoms with Gasteiger partial charge >= 0.3 is 0 Å². The Kier molecular flexibility index (Phi) is 12.2. The van der Waals surface area contributed by atoms with Crippen LogP contribution in [-0.2, 0) is 0 Å². The van der Waals surface area contributed by atoms with Crippen LogP contribution in [0.4, 0.5) is 0 Å². The van der Waals surface area contributed by atoms with Gasteiger partial charge in [0.25, 0.3) is 0 Å². The van der Waals surface area contributed by atoms with Crippen LogP contribution < -0.4 is 0 Å². The highest BCUT2D eigenvalue weighted by Crippen LogP contribution is 2.03. The van der Waals surface area contributed by atoms with Crippen molar-refractivity contribution in [1.29, 1.82) is 0 Å². The zero-order valence-electron chi connectivity index (χ0n) is 9.60. The number of rotatable bonds is 10. The number of thioether (sulfide) groups is 1. The molecule has 0 spiro atoms. The van der Waals surface area contributed by atoms with Crippen LogP contribution in [0.25, 0.3) is 0 Å². The number of nitrogens with zero attached hydrogens (tertiary/aromatic N) is 1. The highest BCUT2D eigenvalue weighted by molar-refractivity contribution is 7.99. The van der Waals surface area contributed by atoms with E-state index in [9.17, 15) is 0 Å². The molecule has 14 heavy (non-hydrogen) atoms. The summed E-state index contributed by atoms with van der Waals surface area (Å²) in [7, 11) is 0. The van der Waals surface area contributed by atoms with Gasteiger partial charge in [-0.1, -0.05) is 20.3 Å². The molecule has 3 heteroatoms. The molecule has 0 aliphatic heterocycles. The van der Waals surface area contributed by atoms with E-state index in [4.69, 9.17) is 11.6 Å². The fourth-order valence-corrected chi connectivity index (χ4v) is 2.23. The first-order chi connectivity index (χ1) is 6.85. The van der Waals surface area contributed by atoms with E-state index in [1.54, 1.807) is 0 Å². The van der Waals surface area contributed by atoms with Crippen LogP contribution in [0.2, 0.25) is 0 Å². The van der Waals surface area contributed by atoms with E-state index in [0.29, 0.717) is 0 Å². The Morgan fingerprint density at radius 1 is 1.07 bits per heavy atom. The first-order valence-corrected chi connectivity index (χ1v) is 7.40. The molecule has 0 fully saturated rings. The molecule has 0 saturated heterocycles. The minimum atomic E-state index is 0.768. The predicted octanol–water partition coefficient (Wildman–Crippen LogP) is 3.47. The lowest BCUT2D eigenvalue weighted by Crippen LogP contribution is -2.28. The van der Waals surface area contributed by atoms with Crippen LogP contribution >= 0.6 is 23.4 Å². The van der Waals surface area contributed by atoms with Crippen molar-refractivity contribution in [2.24, 2.45) is 0 Å². The van der Waals surface area contributed by atoms with Crippen molar-refractivity contribution in [3.63, 3.8) is 0 Å². The Bertz CT molecular complexity index is 111. The molecule has 0 heterocycles. The molecule has 0 N–H and O–H groups in total. The van der Waals surface area contributed by atoms with E-state index >= 15 is 0 Å². The maximum Gasteiger partial charge on any atom is 0.0351 e. The Morgan fingerprint density at radius 3 is 2.36 bits per heavy atom. The molecule has 0 radical (unpaired) electrons. The number of hydrogen-bond acceptors (Lipinski definition) is 2. The fraction of sp³-hybridized carbons (Fsp3) is 1.00. The second-order valence-corrected chi connectivity index (χ2v) is 5.21. The second-order valence-electron chi connectivity index (χ2n) is 3.43. The number of alkyl halides is 1. The minimum Gasteiger partial charge on any atom is -0.302 e. The molecule has 0 atom stereocenters. The van der Waals surface area contributed by atoms with Gasteiger partial charge in [0.05, 0.1) is 0 Å². The first kappa shape index (κ1) is 14.6. The molecule has 1 nitrogen and oxygen atoms in total. The molecule has 0 aliphatic carbocycles. The van der Waals surface area contributed by atoms with Crippen molar-refractivity contribution in [2.45, 2.75) is 33.1 Å². The van der Waals surface area contributed by atoms with E-state index in [0.717, 1.165) is 12.4 Å². The van der Waals surface area contributed by atoms with Crippen molar-refractivity contribution < 1.29 is 0 Å². The van der Waals surface area contributed by atoms with Crippen molar-refractivity contribution in [1.82, 2.24) is 4.90 Å². The largest absolute Gasteiger partial charge is 0.302 e. The maximum atomic E-state index is 5.77. The highest BCUT2D eigenvalue weighted by Gasteiger charge is 2.02. The van der Waals surface area contributed by atoms with Crippen molar-refractivity contribution in [2.75, 3.05) is 37.0 Å². The van der Waals surface area contributed by atoms with E-state index in [2.05, 4.69) is 18.7 Å². The predicted molar refractivity (Wildman–Crippen MR) is 69.7 cm³/mol. The average molecular weight is 238 g/mol. The van der Waals surface area contributed by atoms with Gasteiger partial charge in [0.2, 0.25) is 0 Å². The Labute approximate surface area is 98.6 Å². The summed E-state index contributed by atoms with van der Waals surface area (Å²) < 4.78 is 0. The van der Waals surface area contributed by atoms with Crippen LogP contribution in [0.1, 0.15) is 33.1 Å². The topological polar surface area (TPSA) is 3.24 Å². The van der Waals surface area contributed by atoms with Crippen LogP contribution in [0.15, 0.2) is 0 Å². The van der Waals surface area contributed by atoms with Crippen LogP contribution in [0.5, 0.6) is 0 Å². The Hall–Kier alpha value is 0.600. The lowest BCUT2D eigenvalue weighted by molar-refractivity contribution is 0.286. The highest BCUT2D eigenvalue weighted by atomic mass is 35.5. The zero-order chi connectivity index (χ0) is 10.6. The Balaban J connectivity index is 3.40. The van der Waals surface area contributed by atoms with Gasteiger partial charge in [-0.2, -0.15) is 11.8 Å². The van der Waals surface area contributed by atoms with Crippen molar-refractivity contribution in [3.05, 3.63) is 0 Å². The summed E-state index contributed by atoms with van der Waals surface area (Å²) in [4.78, 5) is 2.49. The number of hydrogen-bond donors (Lipinski definition) is 0. The van der Waals surface area contributed by atoms with Gasteiger partial charge in [0.15, 0.2) is 0 Å². The van der Waals surface area contributed by atoms with E-state index in [1.165, 1.54) is 43.9 Å². The van der Waals surface area contributed by atoms with Crippen LogP contribution in [0, 0.1) is 0 Å². The van der Waals surface area contributed by atoms with Gasteiger partial charge < -0.3 is 4.90 Å². The van der Waals surface area contributed by atoms with Gasteiger partial charge in [0.1, 0.15) is 0 Å². The standard InChI is InChI=1S/C11H24ClNS/c1-3-5-8-13(10-7-12)9-6-11-14-4-2/h3-11H2,1-2H3. The molecular formula is C11H24ClNS. The third kappa shape index (κ3) is 9.17. The van der Waals surface area contributed by atoms with Gasteiger partial charge in [-0.3, -0.25) is 0 Å². The third-order valence-electron chi connectivity index (χ3n) is 2.20. The van der Waals surface area contributed by atoms with E-state index in [1.807, 2.05) is 11.8 Å². The normalized spacial score (nSPS) is 11.1. The smallest absolute Gasteiger partial charge is 0.0351 e. The summed E-state index contributed by atoms with van der Waals surface area (Å²) in [5.41, 5.74) is 0. The maximum absolute atomic E-state index is 5.77. The SMILES string of the molecule is CCCCN(CCCl)CCCSCC. The number of unbranched alkanes of at least 4 members (excludes halogenated alkanes) is 1. The summed E-state index contributed by atoms with van der Waals surface area (Å²) >= 11 is 7.80.